The van der Waals surface area contributed by atoms with E-state index in [2.05, 4.69) is 17.9 Å². The van der Waals surface area contributed by atoms with Gasteiger partial charge in [-0.3, -0.25) is 9.69 Å². The zero-order valence-electron chi connectivity index (χ0n) is 22.0. The lowest BCUT2D eigenvalue weighted by Crippen LogP contribution is -2.36. The van der Waals surface area contributed by atoms with Gasteiger partial charge in [0.2, 0.25) is 0 Å². The van der Waals surface area contributed by atoms with Crippen molar-refractivity contribution < 1.29 is 23.4 Å². The van der Waals surface area contributed by atoms with Gasteiger partial charge >= 0.3 is 5.97 Å². The van der Waals surface area contributed by atoms with Crippen LogP contribution in [0.5, 0.6) is 11.5 Å². The highest BCUT2D eigenvalue weighted by Crippen LogP contribution is 2.33. The SMILES string of the molecule is COC(=O)CCc1cccc(OCc2ccc(-c3cc(OC)ccc3F)c(CN3CCCCC3C)c2)c1. The van der Waals surface area contributed by atoms with Crippen molar-refractivity contribution in [2.45, 2.75) is 58.2 Å². The molecule has 0 spiro atoms. The number of hydrogen-bond donors (Lipinski definition) is 0. The highest BCUT2D eigenvalue weighted by molar-refractivity contribution is 5.70. The third-order valence-corrected chi connectivity index (χ3v) is 7.10. The van der Waals surface area contributed by atoms with Gasteiger partial charge in [-0.1, -0.05) is 36.8 Å². The Kier molecular flexibility index (Phi) is 9.18. The van der Waals surface area contributed by atoms with Gasteiger partial charge in [0, 0.05) is 24.6 Å². The highest BCUT2D eigenvalue weighted by Gasteiger charge is 2.21. The number of carbonyl (C=O) groups excluding carboxylic acids is 1. The second kappa shape index (κ2) is 12.7. The molecule has 0 amide bonds. The fourth-order valence-corrected chi connectivity index (χ4v) is 4.89. The summed E-state index contributed by atoms with van der Waals surface area (Å²) >= 11 is 0. The van der Waals surface area contributed by atoms with Gasteiger partial charge in [0.25, 0.3) is 0 Å². The monoisotopic (exact) mass is 505 g/mol. The zero-order valence-corrected chi connectivity index (χ0v) is 22.0. The van der Waals surface area contributed by atoms with Gasteiger partial charge in [-0.15, -0.1) is 0 Å². The number of hydrogen-bond acceptors (Lipinski definition) is 5. The van der Waals surface area contributed by atoms with Crippen molar-refractivity contribution in [3.05, 3.63) is 83.2 Å². The van der Waals surface area contributed by atoms with Gasteiger partial charge in [0.05, 0.1) is 14.2 Å². The Bertz CT molecular complexity index is 1210. The number of aryl methyl sites for hydroxylation is 1. The largest absolute Gasteiger partial charge is 0.497 e. The van der Waals surface area contributed by atoms with E-state index in [0.717, 1.165) is 41.1 Å². The van der Waals surface area contributed by atoms with Crippen LogP contribution in [0.1, 0.15) is 49.3 Å². The zero-order chi connectivity index (χ0) is 26.2. The number of esters is 1. The average Bonchev–Trinajstić information content (AvgIpc) is 2.92. The molecule has 0 radical (unpaired) electrons. The molecule has 3 aromatic carbocycles. The molecule has 0 aliphatic carbocycles. The van der Waals surface area contributed by atoms with Crippen molar-refractivity contribution in [3.63, 3.8) is 0 Å². The summed E-state index contributed by atoms with van der Waals surface area (Å²) in [4.78, 5) is 14.0. The second-order valence-electron chi connectivity index (χ2n) is 9.66. The van der Waals surface area contributed by atoms with Crippen molar-refractivity contribution in [2.75, 3.05) is 20.8 Å². The van der Waals surface area contributed by atoms with Gasteiger partial charge in [-0.25, -0.2) is 4.39 Å². The van der Waals surface area contributed by atoms with E-state index in [9.17, 15) is 9.18 Å². The molecule has 6 heteroatoms. The molecular weight excluding hydrogens is 469 g/mol. The number of methoxy groups -OCH3 is 2. The summed E-state index contributed by atoms with van der Waals surface area (Å²) in [5, 5.41) is 0. The van der Waals surface area contributed by atoms with Crippen LogP contribution >= 0.6 is 0 Å². The molecule has 0 aromatic heterocycles. The van der Waals surface area contributed by atoms with E-state index in [4.69, 9.17) is 14.2 Å². The normalized spacial score (nSPS) is 15.8. The van der Waals surface area contributed by atoms with E-state index in [1.165, 1.54) is 32.4 Å². The molecule has 0 N–H and O–H groups in total. The summed E-state index contributed by atoms with van der Waals surface area (Å²) in [5.41, 5.74) is 4.54. The summed E-state index contributed by atoms with van der Waals surface area (Å²) in [6, 6.07) is 19.3. The lowest BCUT2D eigenvalue weighted by molar-refractivity contribution is -0.140. The van der Waals surface area contributed by atoms with Gasteiger partial charge in [-0.2, -0.15) is 0 Å². The Morgan fingerprint density at radius 1 is 0.973 bits per heavy atom. The number of ether oxygens (including phenoxy) is 3. The van der Waals surface area contributed by atoms with Gasteiger partial charge in [-0.05, 0) is 85.3 Å². The molecule has 1 fully saturated rings. The maximum absolute atomic E-state index is 14.9. The molecule has 3 aromatic rings. The molecule has 0 saturated carbocycles. The van der Waals surface area contributed by atoms with Crippen molar-refractivity contribution in [2.24, 2.45) is 0 Å². The minimum atomic E-state index is -0.262. The predicted molar refractivity (Wildman–Crippen MR) is 143 cm³/mol. The van der Waals surface area contributed by atoms with Crippen molar-refractivity contribution in [3.8, 4) is 22.6 Å². The van der Waals surface area contributed by atoms with E-state index in [1.807, 2.05) is 36.4 Å². The summed E-state index contributed by atoms with van der Waals surface area (Å²) < 4.78 is 31.2. The maximum Gasteiger partial charge on any atom is 0.305 e. The highest BCUT2D eigenvalue weighted by atomic mass is 19.1. The number of halogens is 1. The average molecular weight is 506 g/mol. The summed E-state index contributed by atoms with van der Waals surface area (Å²) in [6.45, 7) is 4.46. The fraction of sp³-hybridized carbons (Fsp3) is 0.387. The number of carbonyl (C=O) groups is 1. The lowest BCUT2D eigenvalue weighted by atomic mass is 9.95. The molecule has 4 rings (SSSR count). The smallest absolute Gasteiger partial charge is 0.305 e. The summed E-state index contributed by atoms with van der Waals surface area (Å²) in [7, 11) is 2.99. The Labute approximate surface area is 219 Å². The van der Waals surface area contributed by atoms with Crippen LogP contribution in [0.15, 0.2) is 60.7 Å². The molecule has 1 aliphatic rings. The van der Waals surface area contributed by atoms with Crippen LogP contribution < -0.4 is 9.47 Å². The Hall–Kier alpha value is -3.38. The van der Waals surface area contributed by atoms with Crippen molar-refractivity contribution in [1.82, 2.24) is 4.90 Å². The predicted octanol–water partition coefficient (Wildman–Crippen LogP) is 6.56. The third kappa shape index (κ3) is 7.10. The third-order valence-electron chi connectivity index (χ3n) is 7.10. The molecule has 1 heterocycles. The van der Waals surface area contributed by atoms with Gasteiger partial charge < -0.3 is 14.2 Å². The van der Waals surface area contributed by atoms with Crippen LogP contribution in [-0.4, -0.2) is 37.7 Å². The molecule has 1 aliphatic heterocycles. The van der Waals surface area contributed by atoms with E-state index in [1.54, 1.807) is 19.2 Å². The molecule has 196 valence electrons. The Morgan fingerprint density at radius 3 is 2.62 bits per heavy atom. The van der Waals surface area contributed by atoms with Crippen LogP contribution in [-0.2, 0) is 29.1 Å². The standard InChI is InChI=1S/C31H36FNO4/c1-22-7-4-5-16-33(22)20-25-17-24(10-13-28(25)29-19-26(35-2)12-14-30(29)32)21-37-27-9-6-8-23(18-27)11-15-31(34)36-3/h6,8-10,12-14,17-19,22H,4-5,7,11,15-16,20-21H2,1-3H3. The van der Waals surface area contributed by atoms with Crippen LogP contribution in [0.2, 0.25) is 0 Å². The first kappa shape index (κ1) is 26.7. The Balaban J connectivity index is 1.56. The van der Waals surface area contributed by atoms with Gasteiger partial charge in [0.1, 0.15) is 23.9 Å². The number of benzene rings is 3. The molecular formula is C31H36FNO4. The molecule has 1 atom stereocenters. The van der Waals surface area contributed by atoms with Crippen LogP contribution in [0.3, 0.4) is 0 Å². The van der Waals surface area contributed by atoms with Crippen molar-refractivity contribution >= 4 is 5.97 Å². The summed E-state index contributed by atoms with van der Waals surface area (Å²) in [5.74, 6) is 0.889. The maximum atomic E-state index is 14.9. The minimum Gasteiger partial charge on any atom is -0.497 e. The first-order valence-corrected chi connectivity index (χ1v) is 12.9. The minimum absolute atomic E-state index is 0.227. The first-order valence-electron chi connectivity index (χ1n) is 12.9. The number of likely N-dealkylation sites (tertiary alicyclic amines) is 1. The van der Waals surface area contributed by atoms with Crippen LogP contribution in [0, 0.1) is 5.82 Å². The topological polar surface area (TPSA) is 48.0 Å². The molecule has 1 unspecified atom stereocenters. The fourth-order valence-electron chi connectivity index (χ4n) is 4.89. The van der Waals surface area contributed by atoms with E-state index in [-0.39, 0.29) is 11.8 Å². The van der Waals surface area contributed by atoms with E-state index >= 15 is 0 Å². The number of nitrogens with zero attached hydrogens (tertiary/aromatic N) is 1. The second-order valence-corrected chi connectivity index (χ2v) is 9.66. The van der Waals surface area contributed by atoms with Gasteiger partial charge in [0.15, 0.2) is 0 Å². The number of rotatable bonds is 10. The summed E-state index contributed by atoms with van der Waals surface area (Å²) in [6.07, 6.45) is 4.55. The van der Waals surface area contributed by atoms with E-state index < -0.39 is 0 Å². The Morgan fingerprint density at radius 2 is 1.84 bits per heavy atom. The number of piperidine rings is 1. The van der Waals surface area contributed by atoms with E-state index in [0.29, 0.717) is 36.8 Å². The molecule has 0 bridgehead atoms. The first-order chi connectivity index (χ1) is 18.0. The molecule has 37 heavy (non-hydrogen) atoms. The van der Waals surface area contributed by atoms with Crippen LogP contribution in [0.4, 0.5) is 4.39 Å². The lowest BCUT2D eigenvalue weighted by Gasteiger charge is -2.34. The van der Waals surface area contributed by atoms with Crippen molar-refractivity contribution in [1.29, 1.82) is 0 Å². The molecule has 1 saturated heterocycles. The molecule has 5 nitrogen and oxygen atoms in total. The quantitative estimate of drug-likeness (QED) is 0.292. The van der Waals surface area contributed by atoms with Crippen LogP contribution in [0.25, 0.3) is 11.1 Å².